The van der Waals surface area contributed by atoms with E-state index in [-0.39, 0.29) is 0 Å². The average molecular weight is 311 g/mol. The van der Waals surface area contributed by atoms with Crippen molar-refractivity contribution in [2.24, 2.45) is 0 Å². The first-order valence-electron chi connectivity index (χ1n) is 6.89. The van der Waals surface area contributed by atoms with Crippen LogP contribution in [0.5, 0.6) is 0 Å². The molecular weight excluding hydrogens is 289 g/mol. The zero-order valence-electron chi connectivity index (χ0n) is 13.5. The smallest absolute Gasteiger partial charge is 0.408 e. The number of hydrogen-bond acceptors (Lipinski definition) is 4. The number of amides is 1. The summed E-state index contributed by atoms with van der Waals surface area (Å²) in [6.07, 6.45) is -0.811. The van der Waals surface area contributed by atoms with Crippen LogP contribution in [0.2, 0.25) is 0 Å². The Kier molecular flexibility index (Phi) is 5.52. The van der Waals surface area contributed by atoms with Gasteiger partial charge < -0.3 is 14.8 Å². The Hall–Kier alpha value is -2.11. The first-order chi connectivity index (χ1) is 10.1. The quantitative estimate of drug-likeness (QED) is 0.868. The third-order valence-electron chi connectivity index (χ3n) is 2.92. The van der Waals surface area contributed by atoms with Crippen molar-refractivity contribution in [1.29, 1.82) is 0 Å². The van der Waals surface area contributed by atoms with Gasteiger partial charge in [-0.3, -0.25) is 0 Å². The van der Waals surface area contributed by atoms with Crippen molar-refractivity contribution in [3.05, 3.63) is 35.9 Å². The molecule has 0 radical (unpaired) electrons. The molecule has 0 unspecified atom stereocenters. The molecule has 0 aromatic heterocycles. The fourth-order valence-electron chi connectivity index (χ4n) is 1.92. The molecule has 0 spiro atoms. The van der Waals surface area contributed by atoms with Crippen LogP contribution in [-0.2, 0) is 14.3 Å². The summed E-state index contributed by atoms with van der Waals surface area (Å²) in [6, 6.07) is 7.13. The molecule has 22 heavy (non-hydrogen) atoms. The van der Waals surface area contributed by atoms with Gasteiger partial charge in [-0.2, -0.15) is 0 Å². The van der Waals surface area contributed by atoms with Crippen molar-refractivity contribution in [1.82, 2.24) is 5.32 Å². The summed E-state index contributed by atoms with van der Waals surface area (Å²) in [6.45, 7) is 6.14. The number of nitrogens with one attached hydrogen (secondary N) is 1. The Morgan fingerprint density at radius 2 is 1.68 bits per heavy atom. The van der Waals surface area contributed by atoms with Gasteiger partial charge in [0, 0.05) is 0 Å². The van der Waals surface area contributed by atoms with E-state index in [0.717, 1.165) is 14.0 Å². The predicted molar refractivity (Wildman–Crippen MR) is 80.1 cm³/mol. The van der Waals surface area contributed by atoms with E-state index in [1.807, 2.05) is 0 Å². The highest BCUT2D eigenvalue weighted by Crippen LogP contribution is 2.31. The molecule has 0 bridgehead atoms. The molecule has 0 fully saturated rings. The zero-order chi connectivity index (χ0) is 17.0. The fourth-order valence-corrected chi connectivity index (χ4v) is 1.92. The van der Waals surface area contributed by atoms with Crippen molar-refractivity contribution in [2.45, 2.75) is 45.0 Å². The van der Waals surface area contributed by atoms with Crippen molar-refractivity contribution < 1.29 is 23.5 Å². The van der Waals surface area contributed by atoms with E-state index >= 15 is 0 Å². The third-order valence-corrected chi connectivity index (χ3v) is 2.92. The van der Waals surface area contributed by atoms with Crippen LogP contribution in [0.25, 0.3) is 0 Å². The van der Waals surface area contributed by atoms with Crippen LogP contribution < -0.4 is 5.32 Å². The minimum absolute atomic E-state index is 0.434. The Labute approximate surface area is 129 Å². The summed E-state index contributed by atoms with van der Waals surface area (Å²) in [5.41, 5.74) is -2.74. The maximum absolute atomic E-state index is 14.9. The highest BCUT2D eigenvalue weighted by atomic mass is 19.1. The van der Waals surface area contributed by atoms with Crippen LogP contribution in [0.3, 0.4) is 0 Å². The normalized spacial score (nSPS) is 15.4. The molecule has 0 saturated carbocycles. The molecule has 5 nitrogen and oxygen atoms in total. The lowest BCUT2D eigenvalue weighted by Gasteiger charge is -2.30. The zero-order valence-corrected chi connectivity index (χ0v) is 13.5. The lowest BCUT2D eigenvalue weighted by atomic mass is 9.92. The number of rotatable bonds is 4. The molecule has 122 valence electrons. The second-order valence-electron chi connectivity index (χ2n) is 6.06. The summed E-state index contributed by atoms with van der Waals surface area (Å²) in [5, 5.41) is 2.41. The molecule has 1 rings (SSSR count). The van der Waals surface area contributed by atoms with E-state index in [2.05, 4.69) is 10.1 Å². The highest BCUT2D eigenvalue weighted by molar-refractivity contribution is 5.81. The number of carbonyl (C=O) groups excluding carboxylic acids is 2. The summed E-state index contributed by atoms with van der Waals surface area (Å²) >= 11 is 0. The maximum atomic E-state index is 14.9. The van der Waals surface area contributed by atoms with Gasteiger partial charge in [-0.15, -0.1) is 0 Å². The molecule has 0 aliphatic carbocycles. The number of hydrogen-bond donors (Lipinski definition) is 1. The Balaban J connectivity index is 3.08. The van der Waals surface area contributed by atoms with Gasteiger partial charge in [0.25, 0.3) is 0 Å². The SMILES string of the molecule is COC(=O)[C@](C)(F)[C@@H](NC(=O)OC(C)(C)C)c1ccccc1. The molecule has 0 saturated heterocycles. The Morgan fingerprint density at radius 1 is 1.14 bits per heavy atom. The number of alkyl halides is 1. The molecule has 0 heterocycles. The van der Waals surface area contributed by atoms with Gasteiger partial charge in [-0.05, 0) is 33.3 Å². The van der Waals surface area contributed by atoms with Crippen LogP contribution in [0, 0.1) is 0 Å². The monoisotopic (exact) mass is 311 g/mol. The molecule has 6 heteroatoms. The summed E-state index contributed by atoms with van der Waals surface area (Å²) in [7, 11) is 1.09. The second-order valence-corrected chi connectivity index (χ2v) is 6.06. The first kappa shape index (κ1) is 17.9. The molecule has 1 aromatic rings. The molecule has 1 N–H and O–H groups in total. The molecule has 1 amide bonds. The second kappa shape index (κ2) is 6.77. The minimum atomic E-state index is -2.44. The third kappa shape index (κ3) is 4.72. The van der Waals surface area contributed by atoms with Gasteiger partial charge in [0.1, 0.15) is 11.6 Å². The lowest BCUT2D eigenvalue weighted by molar-refractivity contribution is -0.155. The molecule has 2 atom stereocenters. The van der Waals surface area contributed by atoms with Crippen molar-refractivity contribution in [2.75, 3.05) is 7.11 Å². The van der Waals surface area contributed by atoms with Crippen LogP contribution in [0.4, 0.5) is 9.18 Å². The van der Waals surface area contributed by atoms with E-state index in [1.165, 1.54) is 0 Å². The first-order valence-corrected chi connectivity index (χ1v) is 6.89. The Bertz CT molecular complexity index is 523. The Morgan fingerprint density at radius 3 is 2.14 bits per heavy atom. The standard InChI is InChI=1S/C16H22FNO4/c1-15(2,3)22-14(20)18-12(11-9-7-6-8-10-11)16(4,17)13(19)21-5/h6-10,12H,1-5H3,(H,18,20)/t12-,16+/m0/s1. The number of esters is 1. The number of halogens is 1. The summed E-state index contributed by atoms with van der Waals surface area (Å²) in [4.78, 5) is 23.7. The molecule has 0 aliphatic rings. The summed E-state index contributed by atoms with van der Waals surface area (Å²) in [5.74, 6) is -1.07. The largest absolute Gasteiger partial charge is 0.467 e. The van der Waals surface area contributed by atoms with E-state index in [4.69, 9.17) is 4.74 Å². The van der Waals surface area contributed by atoms with Crippen molar-refractivity contribution >= 4 is 12.1 Å². The van der Waals surface area contributed by atoms with Crippen molar-refractivity contribution in [3.8, 4) is 0 Å². The van der Waals surface area contributed by atoms with Gasteiger partial charge in [-0.1, -0.05) is 30.3 Å². The van der Waals surface area contributed by atoms with Gasteiger partial charge in [0.15, 0.2) is 0 Å². The number of methoxy groups -OCH3 is 1. The fraction of sp³-hybridized carbons (Fsp3) is 0.500. The van der Waals surface area contributed by atoms with E-state index in [0.29, 0.717) is 5.56 Å². The molecule has 0 aliphatic heterocycles. The number of benzene rings is 1. The number of alkyl carbamates (subject to hydrolysis) is 1. The van der Waals surface area contributed by atoms with Gasteiger partial charge >= 0.3 is 12.1 Å². The van der Waals surface area contributed by atoms with E-state index in [1.54, 1.807) is 51.1 Å². The molecular formula is C16H22FNO4. The lowest BCUT2D eigenvalue weighted by Crippen LogP contribution is -2.48. The van der Waals surface area contributed by atoms with Gasteiger partial charge in [-0.25, -0.2) is 14.0 Å². The topological polar surface area (TPSA) is 64.6 Å². The van der Waals surface area contributed by atoms with Crippen LogP contribution >= 0.6 is 0 Å². The molecule has 1 aromatic carbocycles. The van der Waals surface area contributed by atoms with E-state index < -0.39 is 29.4 Å². The number of carbonyl (C=O) groups is 2. The van der Waals surface area contributed by atoms with Gasteiger partial charge in [0.05, 0.1) is 7.11 Å². The maximum Gasteiger partial charge on any atom is 0.408 e. The number of ether oxygens (including phenoxy) is 2. The predicted octanol–water partition coefficient (Wildman–Crippen LogP) is 3.15. The summed E-state index contributed by atoms with van der Waals surface area (Å²) < 4.78 is 24.5. The van der Waals surface area contributed by atoms with Crippen LogP contribution in [0.1, 0.15) is 39.3 Å². The van der Waals surface area contributed by atoms with Crippen LogP contribution in [-0.4, -0.2) is 30.4 Å². The highest BCUT2D eigenvalue weighted by Gasteiger charge is 2.45. The van der Waals surface area contributed by atoms with Gasteiger partial charge in [0.2, 0.25) is 5.67 Å². The van der Waals surface area contributed by atoms with Crippen molar-refractivity contribution in [3.63, 3.8) is 0 Å². The van der Waals surface area contributed by atoms with Crippen LogP contribution in [0.15, 0.2) is 30.3 Å². The minimum Gasteiger partial charge on any atom is -0.467 e. The van der Waals surface area contributed by atoms with E-state index in [9.17, 15) is 14.0 Å². The average Bonchev–Trinajstić information content (AvgIpc) is 2.42.